The summed E-state index contributed by atoms with van der Waals surface area (Å²) in [4.78, 5) is 20.0. The Bertz CT molecular complexity index is 1700. The summed E-state index contributed by atoms with van der Waals surface area (Å²) in [7, 11) is -15.0. The van der Waals surface area contributed by atoms with Crippen LogP contribution in [0.1, 0.15) is 10.4 Å². The van der Waals surface area contributed by atoms with E-state index in [4.69, 9.17) is 0 Å². The highest BCUT2D eigenvalue weighted by molar-refractivity contribution is 7.86. The first-order chi connectivity index (χ1) is 15.5. The molecular formula is C17H12N2O12S3. The number of benzene rings is 3. The first-order valence-electron chi connectivity index (χ1n) is 8.60. The van der Waals surface area contributed by atoms with Crippen molar-refractivity contribution in [3.8, 4) is 0 Å². The third-order valence-corrected chi connectivity index (χ3v) is 7.17. The number of fused-ring (bicyclic) bond motifs is 1. The average molecular weight is 532 g/mol. The van der Waals surface area contributed by atoms with E-state index < -0.39 is 83.6 Å². The number of nitrogens with one attached hydrogen (secondary N) is 1. The standard InChI is InChI=1S/C17H12N2O12S3/c20-17(11-5-4-9(19(21)22)8-15(11)34(29,30)31)18-12-6-7-13(32(23,24)25)10-2-1-3-14(16(10)12)33(26,27)28/h1-8H,(H,18,20)(H,23,24,25)(H,26,27,28)(H,29,30,31). The van der Waals surface area contributed by atoms with Gasteiger partial charge in [-0.25, -0.2) is 0 Å². The van der Waals surface area contributed by atoms with Gasteiger partial charge in [0.1, 0.15) is 14.7 Å². The molecule has 0 unspecified atom stereocenters. The van der Waals surface area contributed by atoms with Gasteiger partial charge >= 0.3 is 0 Å². The number of amides is 1. The minimum Gasteiger partial charge on any atom is -0.321 e. The maximum absolute atomic E-state index is 12.8. The highest BCUT2D eigenvalue weighted by atomic mass is 32.2. The molecule has 0 spiro atoms. The Labute approximate surface area is 191 Å². The van der Waals surface area contributed by atoms with Crippen LogP contribution in [0.2, 0.25) is 0 Å². The molecule has 180 valence electrons. The van der Waals surface area contributed by atoms with E-state index in [0.717, 1.165) is 42.5 Å². The normalized spacial score (nSPS) is 12.4. The summed E-state index contributed by atoms with van der Waals surface area (Å²) in [6.45, 7) is 0. The van der Waals surface area contributed by atoms with Gasteiger partial charge in [-0.1, -0.05) is 12.1 Å². The summed E-state index contributed by atoms with van der Waals surface area (Å²) >= 11 is 0. The molecule has 17 heteroatoms. The molecule has 0 saturated heterocycles. The van der Waals surface area contributed by atoms with Crippen molar-refractivity contribution in [2.75, 3.05) is 5.32 Å². The van der Waals surface area contributed by atoms with Crippen LogP contribution in [0, 0.1) is 10.1 Å². The van der Waals surface area contributed by atoms with Crippen molar-refractivity contribution in [3.05, 3.63) is 64.2 Å². The molecule has 0 heterocycles. The Hall–Kier alpha value is -3.48. The van der Waals surface area contributed by atoms with Crippen molar-refractivity contribution in [2.24, 2.45) is 0 Å². The lowest BCUT2D eigenvalue weighted by Crippen LogP contribution is -2.17. The quantitative estimate of drug-likeness (QED) is 0.202. The Kier molecular flexibility index (Phi) is 6.20. The summed E-state index contributed by atoms with van der Waals surface area (Å²) in [5.74, 6) is -1.30. The molecule has 0 bridgehead atoms. The van der Waals surface area contributed by atoms with Gasteiger partial charge in [-0.3, -0.25) is 28.6 Å². The predicted molar refractivity (Wildman–Crippen MR) is 114 cm³/mol. The average Bonchev–Trinajstić information content (AvgIpc) is 2.70. The molecule has 0 aliphatic heterocycles. The number of hydrogen-bond donors (Lipinski definition) is 4. The smallest absolute Gasteiger partial charge is 0.295 e. The van der Waals surface area contributed by atoms with Crippen molar-refractivity contribution < 1.29 is 48.6 Å². The molecular weight excluding hydrogens is 520 g/mol. The second-order valence-corrected chi connectivity index (χ2v) is 10.8. The van der Waals surface area contributed by atoms with E-state index in [1.165, 1.54) is 0 Å². The van der Waals surface area contributed by atoms with Crippen LogP contribution in [0.25, 0.3) is 10.8 Å². The zero-order chi connectivity index (χ0) is 25.6. The molecule has 3 aromatic carbocycles. The second kappa shape index (κ2) is 8.38. The highest BCUT2D eigenvalue weighted by Gasteiger charge is 2.27. The summed E-state index contributed by atoms with van der Waals surface area (Å²) < 4.78 is 98.9. The number of carbonyl (C=O) groups excluding carboxylic acids is 1. The summed E-state index contributed by atoms with van der Waals surface area (Å²) in [6, 6.07) is 6.57. The largest absolute Gasteiger partial charge is 0.321 e. The van der Waals surface area contributed by atoms with Gasteiger partial charge in [-0.05, 0) is 24.3 Å². The SMILES string of the molecule is O=C(Nc1ccc(S(=O)(=O)O)c2cccc(S(=O)(=O)O)c12)c1ccc([N+](=O)[O-])cc1S(=O)(=O)O. The fourth-order valence-electron chi connectivity index (χ4n) is 3.11. The van der Waals surface area contributed by atoms with Gasteiger partial charge in [0.2, 0.25) is 0 Å². The third-order valence-electron chi connectivity index (χ3n) is 4.46. The summed E-state index contributed by atoms with van der Waals surface area (Å²) in [5.41, 5.74) is -1.98. The number of rotatable bonds is 6. The molecule has 0 radical (unpaired) electrons. The van der Waals surface area contributed by atoms with E-state index >= 15 is 0 Å². The maximum Gasteiger partial charge on any atom is 0.295 e. The van der Waals surface area contributed by atoms with Crippen molar-refractivity contribution in [1.82, 2.24) is 0 Å². The van der Waals surface area contributed by atoms with Crippen molar-refractivity contribution in [3.63, 3.8) is 0 Å². The van der Waals surface area contributed by atoms with Gasteiger partial charge in [0, 0.05) is 22.9 Å². The van der Waals surface area contributed by atoms with E-state index in [0.29, 0.717) is 6.07 Å². The summed E-state index contributed by atoms with van der Waals surface area (Å²) in [6.07, 6.45) is 0. The molecule has 0 aromatic heterocycles. The topological polar surface area (TPSA) is 235 Å². The Morgan fingerprint density at radius 3 is 1.91 bits per heavy atom. The minimum atomic E-state index is -5.14. The van der Waals surface area contributed by atoms with Crippen LogP contribution in [-0.4, -0.2) is 49.7 Å². The van der Waals surface area contributed by atoms with Crippen LogP contribution in [0.3, 0.4) is 0 Å². The molecule has 0 atom stereocenters. The van der Waals surface area contributed by atoms with Crippen molar-refractivity contribution in [1.29, 1.82) is 0 Å². The molecule has 1 amide bonds. The molecule has 34 heavy (non-hydrogen) atoms. The third kappa shape index (κ3) is 4.88. The number of nitrogens with zero attached hydrogens (tertiary/aromatic N) is 1. The Morgan fingerprint density at radius 1 is 0.794 bits per heavy atom. The number of anilines is 1. The second-order valence-electron chi connectivity index (χ2n) is 6.61. The van der Waals surface area contributed by atoms with Crippen LogP contribution in [0.15, 0.2) is 63.2 Å². The fraction of sp³-hybridized carbons (Fsp3) is 0. The number of carbonyl (C=O) groups is 1. The first-order valence-corrected chi connectivity index (χ1v) is 12.9. The number of nitro benzene ring substituents is 1. The number of non-ortho nitro benzene ring substituents is 1. The monoisotopic (exact) mass is 532 g/mol. The van der Waals surface area contributed by atoms with Gasteiger partial charge in [0.05, 0.1) is 16.2 Å². The summed E-state index contributed by atoms with van der Waals surface area (Å²) in [5, 5.41) is 12.1. The van der Waals surface area contributed by atoms with Crippen LogP contribution in [-0.2, 0) is 30.4 Å². The van der Waals surface area contributed by atoms with Gasteiger partial charge < -0.3 is 5.32 Å². The molecule has 4 N–H and O–H groups in total. The molecule has 0 fully saturated rings. The van der Waals surface area contributed by atoms with Gasteiger partial charge in [0.15, 0.2) is 0 Å². The number of nitro groups is 1. The van der Waals surface area contributed by atoms with E-state index in [1.807, 2.05) is 0 Å². The lowest BCUT2D eigenvalue weighted by molar-refractivity contribution is -0.385. The van der Waals surface area contributed by atoms with Crippen molar-refractivity contribution in [2.45, 2.75) is 14.7 Å². The zero-order valence-electron chi connectivity index (χ0n) is 16.3. The van der Waals surface area contributed by atoms with E-state index in [2.05, 4.69) is 5.32 Å². The van der Waals surface area contributed by atoms with Crippen molar-refractivity contribution >= 4 is 58.4 Å². The highest BCUT2D eigenvalue weighted by Crippen LogP contribution is 2.35. The van der Waals surface area contributed by atoms with Crippen LogP contribution in [0.4, 0.5) is 11.4 Å². The van der Waals surface area contributed by atoms with Gasteiger partial charge in [0.25, 0.3) is 41.9 Å². The van der Waals surface area contributed by atoms with Crippen LogP contribution >= 0.6 is 0 Å². The van der Waals surface area contributed by atoms with E-state index in [-0.39, 0.29) is 0 Å². The lowest BCUT2D eigenvalue weighted by Gasteiger charge is -2.14. The molecule has 0 aliphatic carbocycles. The molecule has 3 rings (SSSR count). The van der Waals surface area contributed by atoms with Crippen LogP contribution < -0.4 is 5.32 Å². The Morgan fingerprint density at radius 2 is 1.38 bits per heavy atom. The van der Waals surface area contributed by atoms with Gasteiger partial charge in [-0.2, -0.15) is 25.3 Å². The van der Waals surface area contributed by atoms with Crippen LogP contribution in [0.5, 0.6) is 0 Å². The number of hydrogen-bond acceptors (Lipinski definition) is 9. The molecule has 0 saturated carbocycles. The molecule has 3 aromatic rings. The Balaban J connectivity index is 2.28. The lowest BCUT2D eigenvalue weighted by atomic mass is 10.1. The molecule has 0 aliphatic rings. The first kappa shape index (κ1) is 25.1. The van der Waals surface area contributed by atoms with E-state index in [9.17, 15) is 53.8 Å². The zero-order valence-corrected chi connectivity index (χ0v) is 18.8. The maximum atomic E-state index is 12.8. The van der Waals surface area contributed by atoms with E-state index in [1.54, 1.807) is 0 Å². The molecule has 14 nitrogen and oxygen atoms in total. The fourth-order valence-corrected chi connectivity index (χ4v) is 5.23. The predicted octanol–water partition coefficient (Wildman–Crippen LogP) is 1.74. The van der Waals surface area contributed by atoms with Gasteiger partial charge in [-0.15, -0.1) is 0 Å². The minimum absolute atomic E-state index is 0.422.